The molecule has 1 aliphatic rings. The number of hydrogen-bond acceptors (Lipinski definition) is 3. The molecule has 0 saturated heterocycles. The molecule has 5 heteroatoms. The number of rotatable bonds is 3. The third-order valence-corrected chi connectivity index (χ3v) is 3.34. The van der Waals surface area contributed by atoms with Crippen molar-refractivity contribution in [1.82, 2.24) is 9.78 Å². The Hall–Kier alpha value is -2.35. The first kappa shape index (κ1) is 11.7. The minimum absolute atomic E-state index is 0.270. The summed E-state index contributed by atoms with van der Waals surface area (Å²) in [5, 5.41) is 13.6. The van der Waals surface area contributed by atoms with Gasteiger partial charge >= 0.3 is 0 Å². The second kappa shape index (κ2) is 4.39. The fourth-order valence-corrected chi connectivity index (χ4v) is 2.13. The first-order valence-corrected chi connectivity index (χ1v) is 6.19. The van der Waals surface area contributed by atoms with Crippen LogP contribution < -0.4 is 5.73 Å². The first-order chi connectivity index (χ1) is 9.19. The average Bonchev–Trinajstić information content (AvgIpc) is 3.19. The number of anilines is 1. The van der Waals surface area contributed by atoms with E-state index in [9.17, 15) is 4.39 Å². The minimum atomic E-state index is -0.270. The van der Waals surface area contributed by atoms with Crippen molar-refractivity contribution >= 4 is 5.82 Å². The summed E-state index contributed by atoms with van der Waals surface area (Å²) in [5.41, 5.74) is 8.16. The van der Waals surface area contributed by atoms with E-state index in [1.54, 1.807) is 16.8 Å². The first-order valence-electron chi connectivity index (χ1n) is 6.19. The third kappa shape index (κ3) is 2.17. The fourth-order valence-electron chi connectivity index (χ4n) is 2.13. The molecule has 0 atom stereocenters. The molecule has 19 heavy (non-hydrogen) atoms. The monoisotopic (exact) mass is 256 g/mol. The maximum absolute atomic E-state index is 12.9. The van der Waals surface area contributed by atoms with Crippen molar-refractivity contribution in [3.8, 4) is 6.07 Å². The lowest BCUT2D eigenvalue weighted by atomic mass is 10.2. The van der Waals surface area contributed by atoms with E-state index in [1.165, 1.54) is 12.1 Å². The molecule has 0 bridgehead atoms. The standard InChI is InChI=1S/C14H13FN4/c15-11-5-1-9(2-6-11)8-19-14(17)12(7-16)13(18-19)10-3-4-10/h1-2,5-6,10H,3-4,8,17H2. The highest BCUT2D eigenvalue weighted by Crippen LogP contribution is 2.42. The van der Waals surface area contributed by atoms with Gasteiger partial charge in [0.1, 0.15) is 23.3 Å². The number of nitrogen functional groups attached to an aromatic ring is 1. The van der Waals surface area contributed by atoms with Gasteiger partial charge in [-0.05, 0) is 30.5 Å². The van der Waals surface area contributed by atoms with E-state index in [1.807, 2.05) is 0 Å². The summed E-state index contributed by atoms with van der Waals surface area (Å²) < 4.78 is 14.5. The molecular formula is C14H13FN4. The normalized spacial score (nSPS) is 14.3. The van der Waals surface area contributed by atoms with Gasteiger partial charge in [-0.1, -0.05) is 12.1 Å². The molecule has 1 aromatic carbocycles. The quantitative estimate of drug-likeness (QED) is 0.916. The Morgan fingerprint density at radius 3 is 2.63 bits per heavy atom. The molecule has 0 spiro atoms. The average molecular weight is 256 g/mol. The van der Waals surface area contributed by atoms with Crippen molar-refractivity contribution in [2.45, 2.75) is 25.3 Å². The highest BCUT2D eigenvalue weighted by molar-refractivity contribution is 5.54. The van der Waals surface area contributed by atoms with Gasteiger partial charge < -0.3 is 5.73 Å². The van der Waals surface area contributed by atoms with Crippen LogP contribution in [0.3, 0.4) is 0 Å². The minimum Gasteiger partial charge on any atom is -0.383 e. The Balaban J connectivity index is 1.93. The summed E-state index contributed by atoms with van der Waals surface area (Å²) in [5.74, 6) is 0.508. The molecule has 0 aliphatic heterocycles. The Labute approximate surface area is 110 Å². The van der Waals surface area contributed by atoms with Crippen molar-refractivity contribution in [3.05, 3.63) is 46.9 Å². The van der Waals surface area contributed by atoms with E-state index in [0.717, 1.165) is 24.1 Å². The third-order valence-electron chi connectivity index (χ3n) is 3.34. The van der Waals surface area contributed by atoms with Gasteiger partial charge in [0.25, 0.3) is 0 Å². The van der Waals surface area contributed by atoms with Crippen LogP contribution in [0.15, 0.2) is 24.3 Å². The van der Waals surface area contributed by atoms with Gasteiger partial charge in [0.05, 0.1) is 12.2 Å². The predicted molar refractivity (Wildman–Crippen MR) is 68.8 cm³/mol. The van der Waals surface area contributed by atoms with Crippen LogP contribution in [-0.4, -0.2) is 9.78 Å². The van der Waals surface area contributed by atoms with Crippen molar-refractivity contribution in [3.63, 3.8) is 0 Å². The Morgan fingerprint density at radius 1 is 1.37 bits per heavy atom. The molecule has 2 N–H and O–H groups in total. The number of nitrogens with two attached hydrogens (primary N) is 1. The van der Waals surface area contributed by atoms with Gasteiger partial charge in [-0.3, -0.25) is 0 Å². The molecule has 0 radical (unpaired) electrons. The summed E-state index contributed by atoms with van der Waals surface area (Å²) in [6.07, 6.45) is 2.14. The summed E-state index contributed by atoms with van der Waals surface area (Å²) in [4.78, 5) is 0. The lowest BCUT2D eigenvalue weighted by Crippen LogP contribution is -2.06. The van der Waals surface area contributed by atoms with Crippen LogP contribution in [0.25, 0.3) is 0 Å². The van der Waals surface area contributed by atoms with Crippen molar-refractivity contribution in [2.24, 2.45) is 0 Å². The molecule has 1 fully saturated rings. The largest absolute Gasteiger partial charge is 0.383 e. The van der Waals surface area contributed by atoms with Crippen molar-refractivity contribution < 1.29 is 4.39 Å². The molecule has 1 saturated carbocycles. The summed E-state index contributed by atoms with van der Waals surface area (Å²) >= 11 is 0. The van der Waals surface area contributed by atoms with Gasteiger partial charge in [-0.15, -0.1) is 0 Å². The van der Waals surface area contributed by atoms with Gasteiger partial charge in [0, 0.05) is 5.92 Å². The molecule has 0 unspecified atom stereocenters. The van der Waals surface area contributed by atoms with E-state index >= 15 is 0 Å². The molecule has 96 valence electrons. The topological polar surface area (TPSA) is 67.6 Å². The lowest BCUT2D eigenvalue weighted by molar-refractivity contribution is 0.624. The van der Waals surface area contributed by atoms with Gasteiger partial charge in [0.15, 0.2) is 0 Å². The number of nitriles is 1. The van der Waals surface area contributed by atoms with E-state index < -0.39 is 0 Å². The second-order valence-electron chi connectivity index (χ2n) is 4.82. The van der Waals surface area contributed by atoms with Crippen LogP contribution in [0, 0.1) is 17.1 Å². The maximum Gasteiger partial charge on any atom is 0.140 e. The van der Waals surface area contributed by atoms with E-state index in [2.05, 4.69) is 11.2 Å². The summed E-state index contributed by atoms with van der Waals surface area (Å²) in [6, 6.07) is 8.33. The Kier molecular flexibility index (Phi) is 2.71. The van der Waals surface area contributed by atoms with E-state index in [4.69, 9.17) is 11.0 Å². The summed E-state index contributed by atoms with van der Waals surface area (Å²) in [6.45, 7) is 0.452. The number of halogens is 1. The van der Waals surface area contributed by atoms with E-state index in [0.29, 0.717) is 23.8 Å². The van der Waals surface area contributed by atoms with Crippen molar-refractivity contribution in [2.75, 3.05) is 5.73 Å². The van der Waals surface area contributed by atoms with Crippen LogP contribution in [0.2, 0.25) is 0 Å². The molecule has 1 aliphatic carbocycles. The Bertz CT molecular complexity index is 647. The molecule has 1 aromatic heterocycles. The van der Waals surface area contributed by atoms with Crippen LogP contribution in [0.5, 0.6) is 0 Å². The maximum atomic E-state index is 12.9. The molecule has 1 heterocycles. The van der Waals surface area contributed by atoms with Crippen LogP contribution in [-0.2, 0) is 6.54 Å². The highest BCUT2D eigenvalue weighted by atomic mass is 19.1. The summed E-state index contributed by atoms with van der Waals surface area (Å²) in [7, 11) is 0. The predicted octanol–water partition coefficient (Wildman–Crippen LogP) is 2.40. The molecule has 3 rings (SSSR count). The Morgan fingerprint density at radius 2 is 2.05 bits per heavy atom. The zero-order chi connectivity index (χ0) is 13.4. The molecule has 0 amide bonds. The van der Waals surface area contributed by atoms with E-state index in [-0.39, 0.29) is 5.82 Å². The van der Waals surface area contributed by atoms with Gasteiger partial charge in [0.2, 0.25) is 0 Å². The fraction of sp³-hybridized carbons (Fsp3) is 0.286. The smallest absolute Gasteiger partial charge is 0.140 e. The zero-order valence-electron chi connectivity index (χ0n) is 10.3. The zero-order valence-corrected chi connectivity index (χ0v) is 10.3. The van der Waals surface area contributed by atoms with Crippen molar-refractivity contribution in [1.29, 1.82) is 5.26 Å². The van der Waals surface area contributed by atoms with Crippen LogP contribution in [0.4, 0.5) is 10.2 Å². The number of benzene rings is 1. The highest BCUT2D eigenvalue weighted by Gasteiger charge is 2.31. The number of aromatic nitrogens is 2. The van der Waals surface area contributed by atoms with Gasteiger partial charge in [-0.25, -0.2) is 9.07 Å². The number of nitrogens with zero attached hydrogens (tertiary/aromatic N) is 3. The lowest BCUT2D eigenvalue weighted by Gasteiger charge is -2.04. The van der Waals surface area contributed by atoms with Crippen LogP contribution in [0.1, 0.15) is 35.6 Å². The molecule has 4 nitrogen and oxygen atoms in total. The van der Waals surface area contributed by atoms with Crippen LogP contribution >= 0.6 is 0 Å². The number of hydrogen-bond donors (Lipinski definition) is 1. The molecular weight excluding hydrogens is 243 g/mol. The van der Waals surface area contributed by atoms with Gasteiger partial charge in [-0.2, -0.15) is 10.4 Å². The SMILES string of the molecule is N#Cc1c(C2CC2)nn(Cc2ccc(F)cc2)c1N. The second-order valence-corrected chi connectivity index (χ2v) is 4.82. The molecule has 2 aromatic rings.